The smallest absolute Gasteiger partial charge is 0.407 e. The van der Waals surface area contributed by atoms with Gasteiger partial charge in [0.25, 0.3) is 0 Å². The summed E-state index contributed by atoms with van der Waals surface area (Å²) in [5.74, 6) is 0.664. The number of carboxylic acids is 1. The number of ether oxygens (including phenoxy) is 1. The monoisotopic (exact) mass is 317 g/mol. The van der Waals surface area contributed by atoms with E-state index in [9.17, 15) is 9.59 Å². The topological polar surface area (TPSA) is 75.6 Å². The summed E-state index contributed by atoms with van der Waals surface area (Å²) in [5, 5.41) is 11.9. The number of carbonyl (C=O) groups excluding carboxylic acids is 1. The molecule has 0 aliphatic heterocycles. The minimum Gasteiger partial charge on any atom is -0.481 e. The maximum Gasteiger partial charge on any atom is 0.407 e. The van der Waals surface area contributed by atoms with Crippen molar-refractivity contribution in [3.05, 3.63) is 35.9 Å². The molecule has 124 valence electrons. The molecule has 5 heteroatoms. The molecule has 2 aliphatic rings. The molecule has 4 unspecified atom stereocenters. The molecule has 2 saturated carbocycles. The molecule has 4 atom stereocenters. The summed E-state index contributed by atoms with van der Waals surface area (Å²) in [4.78, 5) is 23.2. The highest BCUT2D eigenvalue weighted by molar-refractivity contribution is 5.71. The van der Waals surface area contributed by atoms with E-state index in [4.69, 9.17) is 9.84 Å². The van der Waals surface area contributed by atoms with Crippen molar-refractivity contribution >= 4 is 12.1 Å². The maximum absolute atomic E-state index is 12.0. The molecule has 2 bridgehead atoms. The van der Waals surface area contributed by atoms with Crippen LogP contribution in [0.4, 0.5) is 4.79 Å². The van der Waals surface area contributed by atoms with Crippen LogP contribution in [0.25, 0.3) is 0 Å². The lowest BCUT2D eigenvalue weighted by molar-refractivity contribution is -0.138. The number of carboxylic acid groups (broad SMARTS) is 1. The summed E-state index contributed by atoms with van der Waals surface area (Å²) < 4.78 is 5.24. The molecular formula is C18H23NO4. The quantitative estimate of drug-likeness (QED) is 0.845. The molecule has 0 radical (unpaired) electrons. The van der Waals surface area contributed by atoms with Gasteiger partial charge in [0.2, 0.25) is 0 Å². The molecule has 1 aromatic carbocycles. The number of hydrogen-bond donors (Lipinski definition) is 2. The lowest BCUT2D eigenvalue weighted by Crippen LogP contribution is -2.43. The molecule has 2 aliphatic carbocycles. The first-order chi connectivity index (χ1) is 11.1. The molecule has 5 nitrogen and oxygen atoms in total. The summed E-state index contributed by atoms with van der Waals surface area (Å²) in [6, 6.07) is 9.13. The molecule has 2 N–H and O–H groups in total. The van der Waals surface area contributed by atoms with Gasteiger partial charge in [-0.15, -0.1) is 0 Å². The highest BCUT2D eigenvalue weighted by Gasteiger charge is 2.44. The summed E-state index contributed by atoms with van der Waals surface area (Å²) in [6.07, 6.45) is 4.06. The van der Waals surface area contributed by atoms with E-state index in [1.807, 2.05) is 30.3 Å². The molecule has 0 heterocycles. The second kappa shape index (κ2) is 7.02. The highest BCUT2D eigenvalue weighted by Crippen LogP contribution is 2.49. The molecule has 1 aromatic rings. The Morgan fingerprint density at radius 1 is 1.22 bits per heavy atom. The van der Waals surface area contributed by atoms with Gasteiger partial charge in [-0.1, -0.05) is 36.8 Å². The predicted octanol–water partition coefficient (Wildman–Crippen LogP) is 3.19. The first kappa shape index (κ1) is 15.8. The number of nitrogens with one attached hydrogen (secondary N) is 1. The zero-order chi connectivity index (χ0) is 16.2. The van der Waals surface area contributed by atoms with Gasteiger partial charge in [-0.05, 0) is 42.6 Å². The first-order valence-corrected chi connectivity index (χ1v) is 8.31. The third-order valence-electron chi connectivity index (χ3n) is 5.22. The van der Waals surface area contributed by atoms with Crippen LogP contribution in [0.5, 0.6) is 0 Å². The van der Waals surface area contributed by atoms with E-state index in [2.05, 4.69) is 5.32 Å². The van der Waals surface area contributed by atoms with Crippen molar-refractivity contribution in [2.45, 2.75) is 44.8 Å². The van der Waals surface area contributed by atoms with Crippen LogP contribution >= 0.6 is 0 Å². The van der Waals surface area contributed by atoms with E-state index in [0.29, 0.717) is 11.8 Å². The van der Waals surface area contributed by atoms with E-state index in [0.717, 1.165) is 18.4 Å². The van der Waals surface area contributed by atoms with E-state index in [-0.39, 0.29) is 25.0 Å². The standard InChI is InChI=1S/C18H23NO4/c20-17(21)10-16(15-9-13-6-7-14(15)8-13)19-18(22)23-11-12-4-2-1-3-5-12/h1-5,13-16H,6-11H2,(H,19,22)(H,20,21). The fourth-order valence-electron chi connectivity index (χ4n) is 4.20. The summed E-state index contributed by atoms with van der Waals surface area (Å²) >= 11 is 0. The Kier molecular flexibility index (Phi) is 4.84. The minimum absolute atomic E-state index is 0.0334. The van der Waals surface area contributed by atoms with Crippen LogP contribution in [0.3, 0.4) is 0 Å². The lowest BCUT2D eigenvalue weighted by Gasteiger charge is -2.30. The number of carbonyl (C=O) groups is 2. The van der Waals surface area contributed by atoms with Crippen LogP contribution in [-0.4, -0.2) is 23.2 Å². The lowest BCUT2D eigenvalue weighted by atomic mass is 9.82. The Balaban J connectivity index is 1.55. The van der Waals surface area contributed by atoms with E-state index < -0.39 is 12.1 Å². The number of benzene rings is 1. The van der Waals surface area contributed by atoms with Crippen LogP contribution in [0, 0.1) is 17.8 Å². The summed E-state index contributed by atoms with van der Waals surface area (Å²) in [5.41, 5.74) is 0.914. The summed E-state index contributed by atoms with van der Waals surface area (Å²) in [6.45, 7) is 0.198. The zero-order valence-electron chi connectivity index (χ0n) is 13.1. The number of alkyl carbamates (subject to hydrolysis) is 1. The first-order valence-electron chi connectivity index (χ1n) is 8.31. The predicted molar refractivity (Wildman–Crippen MR) is 84.7 cm³/mol. The van der Waals surface area contributed by atoms with Crippen molar-refractivity contribution in [2.24, 2.45) is 17.8 Å². The minimum atomic E-state index is -0.874. The van der Waals surface area contributed by atoms with Crippen molar-refractivity contribution < 1.29 is 19.4 Å². The van der Waals surface area contributed by atoms with Gasteiger partial charge in [-0.2, -0.15) is 0 Å². The second-order valence-electron chi connectivity index (χ2n) is 6.75. The van der Waals surface area contributed by atoms with E-state index >= 15 is 0 Å². The molecule has 3 rings (SSSR count). The number of aliphatic carboxylic acids is 1. The maximum atomic E-state index is 12.0. The van der Waals surface area contributed by atoms with Crippen LogP contribution in [-0.2, 0) is 16.1 Å². The second-order valence-corrected chi connectivity index (χ2v) is 6.75. The van der Waals surface area contributed by atoms with Gasteiger partial charge in [0, 0.05) is 6.04 Å². The van der Waals surface area contributed by atoms with Crippen LogP contribution in [0.2, 0.25) is 0 Å². The van der Waals surface area contributed by atoms with Gasteiger partial charge < -0.3 is 15.2 Å². The number of amides is 1. The molecule has 2 fully saturated rings. The van der Waals surface area contributed by atoms with Gasteiger partial charge in [-0.3, -0.25) is 4.79 Å². The Bertz CT molecular complexity index is 559. The normalized spacial score (nSPS) is 26.7. The zero-order valence-corrected chi connectivity index (χ0v) is 13.1. The van der Waals surface area contributed by atoms with Crippen LogP contribution in [0.1, 0.15) is 37.7 Å². The number of fused-ring (bicyclic) bond motifs is 2. The SMILES string of the molecule is O=C(O)CC(NC(=O)OCc1ccccc1)C1CC2CCC1C2. The molecule has 1 amide bonds. The molecule has 0 saturated heterocycles. The summed E-state index contributed by atoms with van der Waals surface area (Å²) in [7, 11) is 0. The van der Waals surface area contributed by atoms with Gasteiger partial charge >= 0.3 is 12.1 Å². The van der Waals surface area contributed by atoms with Gasteiger partial charge in [0.15, 0.2) is 0 Å². The van der Waals surface area contributed by atoms with E-state index in [1.54, 1.807) is 0 Å². The van der Waals surface area contributed by atoms with Crippen molar-refractivity contribution in [3.8, 4) is 0 Å². The highest BCUT2D eigenvalue weighted by atomic mass is 16.5. The Hall–Kier alpha value is -2.04. The largest absolute Gasteiger partial charge is 0.481 e. The van der Waals surface area contributed by atoms with Gasteiger partial charge in [0.05, 0.1) is 6.42 Å². The Morgan fingerprint density at radius 2 is 2.00 bits per heavy atom. The molecule has 23 heavy (non-hydrogen) atoms. The van der Waals surface area contributed by atoms with Crippen LogP contribution < -0.4 is 5.32 Å². The molecule has 0 aromatic heterocycles. The van der Waals surface area contributed by atoms with Crippen molar-refractivity contribution in [1.29, 1.82) is 0 Å². The Labute approximate surface area is 136 Å². The van der Waals surface area contributed by atoms with Crippen molar-refractivity contribution in [3.63, 3.8) is 0 Å². The molecule has 0 spiro atoms. The van der Waals surface area contributed by atoms with Gasteiger partial charge in [-0.25, -0.2) is 4.79 Å². The average Bonchev–Trinajstić information content (AvgIpc) is 3.16. The van der Waals surface area contributed by atoms with Crippen molar-refractivity contribution in [1.82, 2.24) is 5.32 Å². The van der Waals surface area contributed by atoms with Gasteiger partial charge in [0.1, 0.15) is 6.61 Å². The number of hydrogen-bond acceptors (Lipinski definition) is 3. The third kappa shape index (κ3) is 4.03. The fourth-order valence-corrected chi connectivity index (χ4v) is 4.20. The number of rotatable bonds is 6. The third-order valence-corrected chi connectivity index (χ3v) is 5.22. The molecular weight excluding hydrogens is 294 g/mol. The van der Waals surface area contributed by atoms with Crippen LogP contribution in [0.15, 0.2) is 30.3 Å². The van der Waals surface area contributed by atoms with E-state index in [1.165, 1.54) is 12.8 Å². The van der Waals surface area contributed by atoms with Crippen molar-refractivity contribution in [2.75, 3.05) is 0 Å². The average molecular weight is 317 g/mol. The fraction of sp³-hybridized carbons (Fsp3) is 0.556. The Morgan fingerprint density at radius 3 is 2.61 bits per heavy atom.